The molecule has 2 aromatic carbocycles. The van der Waals surface area contributed by atoms with Gasteiger partial charge in [-0.15, -0.1) is 0 Å². The van der Waals surface area contributed by atoms with Gasteiger partial charge in [0.15, 0.2) is 16.7 Å². The van der Waals surface area contributed by atoms with Gasteiger partial charge in [-0.2, -0.15) is 0 Å². The Morgan fingerprint density at radius 3 is 2.56 bits per heavy atom. The van der Waals surface area contributed by atoms with Gasteiger partial charge in [-0.25, -0.2) is 9.79 Å². The van der Waals surface area contributed by atoms with Crippen LogP contribution in [0.15, 0.2) is 59.0 Å². The second kappa shape index (κ2) is 12.1. The topological polar surface area (TPSA) is 77.4 Å². The molecule has 1 amide bonds. The number of aliphatic imine (C=N–C) groups is 1. The van der Waals surface area contributed by atoms with Crippen LogP contribution >= 0.6 is 34.4 Å². The summed E-state index contributed by atoms with van der Waals surface area (Å²) < 4.78 is 17.4. The maximum absolute atomic E-state index is 12.9. The van der Waals surface area contributed by atoms with Crippen molar-refractivity contribution in [3.63, 3.8) is 0 Å². The van der Waals surface area contributed by atoms with E-state index in [1.165, 1.54) is 16.7 Å². The lowest BCUT2D eigenvalue weighted by Gasteiger charge is -2.13. The maximum Gasteiger partial charge on any atom is 0.338 e. The lowest BCUT2D eigenvalue weighted by Crippen LogP contribution is -2.23. The molecule has 0 unspecified atom stereocenters. The van der Waals surface area contributed by atoms with E-state index in [2.05, 4.69) is 34.2 Å². The molecule has 0 saturated carbocycles. The fourth-order valence-electron chi connectivity index (χ4n) is 3.02. The average Bonchev–Trinajstić information content (AvgIpc) is 3.07. The fourth-order valence-corrected chi connectivity index (χ4v) is 4.78. The smallest absolute Gasteiger partial charge is 0.338 e. The van der Waals surface area contributed by atoms with E-state index >= 15 is 0 Å². The normalized spacial score (nSPS) is 15.6. The minimum Gasteiger partial charge on any atom is -0.490 e. The molecule has 3 rings (SSSR count). The molecule has 1 fully saturated rings. The van der Waals surface area contributed by atoms with Crippen molar-refractivity contribution in [3.8, 4) is 11.5 Å². The Morgan fingerprint density at radius 2 is 1.91 bits per heavy atom. The molecule has 1 aliphatic heterocycles. The van der Waals surface area contributed by atoms with E-state index in [1.54, 1.807) is 44.3 Å². The molecular weight excluding hydrogens is 567 g/mol. The van der Waals surface area contributed by atoms with Gasteiger partial charge in [0.05, 0.1) is 32.9 Å². The Morgan fingerprint density at radius 1 is 1.18 bits per heavy atom. The van der Waals surface area contributed by atoms with Crippen molar-refractivity contribution in [1.29, 1.82) is 0 Å². The highest BCUT2D eigenvalue weighted by Crippen LogP contribution is 2.37. The number of likely N-dealkylation sites (N-methyl/N-ethyl adjacent to an activating group) is 1. The van der Waals surface area contributed by atoms with Gasteiger partial charge >= 0.3 is 5.97 Å². The van der Waals surface area contributed by atoms with Crippen molar-refractivity contribution < 1.29 is 23.8 Å². The molecule has 0 aromatic heterocycles. The van der Waals surface area contributed by atoms with Gasteiger partial charge < -0.3 is 14.2 Å². The molecular formula is C25H25IN2O5S. The predicted octanol–water partition coefficient (Wildman–Crippen LogP) is 5.67. The monoisotopic (exact) mass is 592 g/mol. The van der Waals surface area contributed by atoms with Gasteiger partial charge in [-0.3, -0.25) is 9.69 Å². The van der Waals surface area contributed by atoms with Gasteiger partial charge in [-0.1, -0.05) is 12.7 Å². The number of hydrogen-bond donors (Lipinski definition) is 0. The van der Waals surface area contributed by atoms with Crippen LogP contribution in [0.4, 0.5) is 5.69 Å². The zero-order valence-electron chi connectivity index (χ0n) is 19.2. The lowest BCUT2D eigenvalue weighted by molar-refractivity contribution is -0.121. The Labute approximate surface area is 217 Å². The number of nitrogens with zero attached hydrogens (tertiary/aromatic N) is 2. The standard InChI is InChI=1S/C25H25IN2O5S/c1-5-12-33-22-19(26)13-16(14-20(22)31-6-2)15-21-23(29)28(4)25(34-21)27-18-10-8-17(9-11-18)24(30)32-7-3/h5,8-11,13-15H,1,6-7,12H2,2-4H3. The van der Waals surface area contributed by atoms with Crippen molar-refractivity contribution >= 4 is 63.2 Å². The third kappa shape index (κ3) is 6.20. The second-order valence-electron chi connectivity index (χ2n) is 7.00. The van der Waals surface area contributed by atoms with Gasteiger partial charge in [-0.05, 0) is 96.2 Å². The first kappa shape index (κ1) is 25.8. The SMILES string of the molecule is C=CCOc1c(I)cc(C=C2SC(=Nc3ccc(C(=O)OCC)cc3)N(C)C2=O)cc1OCC. The van der Waals surface area contributed by atoms with Crippen molar-refractivity contribution in [3.05, 3.63) is 68.7 Å². The molecule has 178 valence electrons. The lowest BCUT2D eigenvalue weighted by atomic mass is 10.2. The number of thioether (sulfide) groups is 1. The van der Waals surface area contributed by atoms with Crippen molar-refractivity contribution in [2.24, 2.45) is 4.99 Å². The molecule has 0 radical (unpaired) electrons. The molecule has 0 aliphatic carbocycles. The summed E-state index contributed by atoms with van der Waals surface area (Å²) >= 11 is 3.48. The zero-order valence-corrected chi connectivity index (χ0v) is 22.1. The van der Waals surface area contributed by atoms with Crippen molar-refractivity contribution in [2.45, 2.75) is 13.8 Å². The first-order chi connectivity index (χ1) is 16.4. The summed E-state index contributed by atoms with van der Waals surface area (Å²) in [5.74, 6) is 0.742. The van der Waals surface area contributed by atoms with Gasteiger partial charge in [0.2, 0.25) is 0 Å². The number of amidine groups is 1. The van der Waals surface area contributed by atoms with E-state index in [0.29, 0.717) is 52.6 Å². The minimum atomic E-state index is -0.378. The first-order valence-electron chi connectivity index (χ1n) is 10.6. The van der Waals surface area contributed by atoms with E-state index in [0.717, 1.165) is 9.13 Å². The van der Waals surface area contributed by atoms with Crippen LogP contribution in [0.3, 0.4) is 0 Å². The number of amides is 1. The number of esters is 1. The number of halogens is 1. The first-order valence-corrected chi connectivity index (χ1v) is 12.5. The molecule has 0 bridgehead atoms. The van der Waals surface area contributed by atoms with E-state index in [1.807, 2.05) is 25.1 Å². The van der Waals surface area contributed by atoms with Crippen LogP contribution in [-0.2, 0) is 9.53 Å². The second-order valence-corrected chi connectivity index (χ2v) is 9.17. The summed E-state index contributed by atoms with van der Waals surface area (Å²) in [5, 5.41) is 0.547. The van der Waals surface area contributed by atoms with E-state index in [9.17, 15) is 9.59 Å². The maximum atomic E-state index is 12.9. The fraction of sp³-hybridized carbons (Fsp3) is 0.240. The molecule has 34 heavy (non-hydrogen) atoms. The zero-order chi connectivity index (χ0) is 24.7. The summed E-state index contributed by atoms with van der Waals surface area (Å²) in [6.45, 7) is 8.53. The minimum absolute atomic E-state index is 0.146. The van der Waals surface area contributed by atoms with Crippen LogP contribution in [0.1, 0.15) is 29.8 Å². The van der Waals surface area contributed by atoms with Gasteiger partial charge in [0, 0.05) is 7.05 Å². The molecule has 9 heteroatoms. The van der Waals surface area contributed by atoms with Crippen molar-refractivity contribution in [2.75, 3.05) is 26.9 Å². The van der Waals surface area contributed by atoms with Crippen LogP contribution in [-0.4, -0.2) is 48.8 Å². The molecule has 1 saturated heterocycles. The van der Waals surface area contributed by atoms with Gasteiger partial charge in [0.1, 0.15) is 6.61 Å². The molecule has 0 atom stereocenters. The summed E-state index contributed by atoms with van der Waals surface area (Å²) in [4.78, 5) is 31.3. The number of ether oxygens (including phenoxy) is 3. The third-order valence-electron chi connectivity index (χ3n) is 4.58. The highest BCUT2D eigenvalue weighted by molar-refractivity contribution is 14.1. The van der Waals surface area contributed by atoms with Gasteiger partial charge in [0.25, 0.3) is 5.91 Å². The third-order valence-corrected chi connectivity index (χ3v) is 6.44. The summed E-state index contributed by atoms with van der Waals surface area (Å²) in [5.41, 5.74) is 1.91. The summed E-state index contributed by atoms with van der Waals surface area (Å²) in [6, 6.07) is 10.5. The average molecular weight is 592 g/mol. The van der Waals surface area contributed by atoms with Crippen LogP contribution in [0, 0.1) is 3.57 Å². The van der Waals surface area contributed by atoms with Crippen LogP contribution in [0.25, 0.3) is 6.08 Å². The van der Waals surface area contributed by atoms with E-state index < -0.39 is 0 Å². The molecule has 0 spiro atoms. The number of carbonyl (C=O) groups is 2. The predicted molar refractivity (Wildman–Crippen MR) is 144 cm³/mol. The number of rotatable bonds is 9. The molecule has 7 nitrogen and oxygen atoms in total. The number of carbonyl (C=O) groups excluding carboxylic acids is 2. The molecule has 2 aromatic rings. The van der Waals surface area contributed by atoms with Crippen LogP contribution in [0.2, 0.25) is 0 Å². The number of hydrogen-bond acceptors (Lipinski definition) is 7. The Kier molecular flexibility index (Phi) is 9.17. The summed E-state index contributed by atoms with van der Waals surface area (Å²) in [6.07, 6.45) is 3.49. The Balaban J connectivity index is 1.85. The Hall–Kier alpha value is -2.79. The largest absolute Gasteiger partial charge is 0.490 e. The highest BCUT2D eigenvalue weighted by atomic mass is 127. The van der Waals surface area contributed by atoms with E-state index in [4.69, 9.17) is 14.2 Å². The Bertz CT molecular complexity index is 1140. The quantitative estimate of drug-likeness (QED) is 0.162. The van der Waals surface area contributed by atoms with Crippen molar-refractivity contribution in [1.82, 2.24) is 4.90 Å². The molecule has 1 aliphatic rings. The van der Waals surface area contributed by atoms with E-state index in [-0.39, 0.29) is 11.9 Å². The van der Waals surface area contributed by atoms with Crippen LogP contribution in [0.5, 0.6) is 11.5 Å². The van der Waals surface area contributed by atoms with Crippen LogP contribution < -0.4 is 9.47 Å². The summed E-state index contributed by atoms with van der Waals surface area (Å²) in [7, 11) is 1.68. The highest BCUT2D eigenvalue weighted by Gasteiger charge is 2.30. The number of benzene rings is 2. The molecule has 1 heterocycles. The molecule has 0 N–H and O–H groups in total.